The molecular weight excluding hydrogens is 228 g/mol. The van der Waals surface area contributed by atoms with Gasteiger partial charge in [-0.05, 0) is 24.3 Å². The molecule has 0 unspecified atom stereocenters. The van der Waals surface area contributed by atoms with Gasteiger partial charge in [0.25, 0.3) is 0 Å². The number of aliphatic carboxylic acids is 1. The molecule has 0 fully saturated rings. The monoisotopic (exact) mass is 238 g/mol. The van der Waals surface area contributed by atoms with E-state index in [4.69, 9.17) is 22.0 Å². The van der Waals surface area contributed by atoms with Gasteiger partial charge in [-0.1, -0.05) is 11.6 Å². The van der Waals surface area contributed by atoms with Crippen LogP contribution < -0.4 is 4.90 Å². The molecule has 0 saturated carbocycles. The lowest BCUT2D eigenvalue weighted by atomic mass is 10.2. The molecule has 0 aliphatic heterocycles. The summed E-state index contributed by atoms with van der Waals surface area (Å²) in [6, 6.07) is 8.85. The summed E-state index contributed by atoms with van der Waals surface area (Å²) in [6.07, 6.45) is 0.288. The van der Waals surface area contributed by atoms with Crippen molar-refractivity contribution in [2.75, 3.05) is 18.0 Å². The molecule has 0 atom stereocenters. The number of carboxylic acid groups (broad SMARTS) is 1. The van der Waals surface area contributed by atoms with Crippen LogP contribution in [0.1, 0.15) is 6.42 Å². The number of anilines is 1. The summed E-state index contributed by atoms with van der Waals surface area (Å²) in [5.41, 5.74) is 0.752. The molecule has 4 nitrogen and oxygen atoms in total. The minimum absolute atomic E-state index is 0.122. The molecule has 0 saturated heterocycles. The summed E-state index contributed by atoms with van der Waals surface area (Å²) < 4.78 is 0. The van der Waals surface area contributed by atoms with Gasteiger partial charge in [0.1, 0.15) is 6.54 Å². The zero-order chi connectivity index (χ0) is 12.0. The van der Waals surface area contributed by atoms with E-state index in [9.17, 15) is 4.79 Å². The lowest BCUT2D eigenvalue weighted by molar-refractivity contribution is -0.135. The third kappa shape index (κ3) is 3.79. The van der Waals surface area contributed by atoms with Crippen LogP contribution in [0.25, 0.3) is 0 Å². The fourth-order valence-electron chi connectivity index (χ4n) is 1.30. The average Bonchev–Trinajstić information content (AvgIpc) is 2.25. The van der Waals surface area contributed by atoms with E-state index in [1.54, 1.807) is 29.2 Å². The van der Waals surface area contributed by atoms with Crippen LogP contribution >= 0.6 is 11.6 Å². The van der Waals surface area contributed by atoms with Crippen molar-refractivity contribution in [1.82, 2.24) is 0 Å². The summed E-state index contributed by atoms with van der Waals surface area (Å²) in [5.74, 6) is -0.923. The molecule has 0 aromatic heterocycles. The molecule has 0 heterocycles. The molecule has 1 aromatic carbocycles. The molecule has 1 rings (SSSR count). The molecule has 0 amide bonds. The van der Waals surface area contributed by atoms with Crippen LogP contribution in [0.5, 0.6) is 0 Å². The number of halogens is 1. The summed E-state index contributed by atoms with van der Waals surface area (Å²) in [7, 11) is 0. The van der Waals surface area contributed by atoms with E-state index in [0.717, 1.165) is 5.69 Å². The summed E-state index contributed by atoms with van der Waals surface area (Å²) in [4.78, 5) is 12.3. The van der Waals surface area contributed by atoms with Crippen LogP contribution in [0.3, 0.4) is 0 Å². The lowest BCUT2D eigenvalue weighted by Crippen LogP contribution is -2.30. The Kier molecular flexibility index (Phi) is 4.62. The summed E-state index contributed by atoms with van der Waals surface area (Å²) >= 11 is 5.74. The fraction of sp³-hybridized carbons (Fsp3) is 0.273. The Labute approximate surface area is 98.7 Å². The van der Waals surface area contributed by atoms with Crippen molar-refractivity contribution in [1.29, 1.82) is 5.26 Å². The van der Waals surface area contributed by atoms with Crippen molar-refractivity contribution < 1.29 is 9.90 Å². The van der Waals surface area contributed by atoms with Crippen LogP contribution in [0.4, 0.5) is 5.69 Å². The van der Waals surface area contributed by atoms with Crippen LogP contribution in [-0.4, -0.2) is 24.2 Å². The fourth-order valence-corrected chi connectivity index (χ4v) is 1.43. The van der Waals surface area contributed by atoms with Gasteiger partial charge < -0.3 is 10.0 Å². The Hall–Kier alpha value is -1.73. The van der Waals surface area contributed by atoms with E-state index >= 15 is 0 Å². The van der Waals surface area contributed by atoms with E-state index in [0.29, 0.717) is 11.6 Å². The van der Waals surface area contributed by atoms with E-state index in [1.807, 2.05) is 6.07 Å². The van der Waals surface area contributed by atoms with Gasteiger partial charge in [-0.2, -0.15) is 5.26 Å². The van der Waals surface area contributed by atoms with E-state index < -0.39 is 5.97 Å². The highest BCUT2D eigenvalue weighted by Crippen LogP contribution is 2.17. The molecule has 5 heteroatoms. The Morgan fingerprint density at radius 1 is 1.44 bits per heavy atom. The highest BCUT2D eigenvalue weighted by Gasteiger charge is 2.09. The topological polar surface area (TPSA) is 64.3 Å². The van der Waals surface area contributed by atoms with Gasteiger partial charge in [0.05, 0.1) is 12.5 Å². The van der Waals surface area contributed by atoms with Gasteiger partial charge in [-0.15, -0.1) is 0 Å². The number of rotatable bonds is 5. The number of benzene rings is 1. The Morgan fingerprint density at radius 3 is 2.56 bits per heavy atom. The maximum atomic E-state index is 10.7. The van der Waals surface area contributed by atoms with Gasteiger partial charge in [-0.25, -0.2) is 0 Å². The molecule has 1 aromatic rings. The molecule has 0 radical (unpaired) electrons. The zero-order valence-corrected chi connectivity index (χ0v) is 9.31. The second kappa shape index (κ2) is 5.99. The SMILES string of the molecule is N#CCCN(CC(=O)O)c1ccc(Cl)cc1. The van der Waals surface area contributed by atoms with E-state index in [-0.39, 0.29) is 13.0 Å². The van der Waals surface area contributed by atoms with Crippen LogP contribution in [0.15, 0.2) is 24.3 Å². The van der Waals surface area contributed by atoms with Crippen molar-refractivity contribution in [3.8, 4) is 6.07 Å². The first-order valence-electron chi connectivity index (χ1n) is 4.72. The average molecular weight is 239 g/mol. The number of carboxylic acids is 1. The van der Waals surface area contributed by atoms with Crippen LogP contribution in [-0.2, 0) is 4.79 Å². The Morgan fingerprint density at radius 2 is 2.06 bits per heavy atom. The number of hydrogen-bond donors (Lipinski definition) is 1. The maximum Gasteiger partial charge on any atom is 0.323 e. The molecule has 1 N–H and O–H groups in total. The summed E-state index contributed by atoms with van der Waals surface area (Å²) in [6.45, 7) is 0.272. The van der Waals surface area contributed by atoms with Crippen molar-refractivity contribution in [3.63, 3.8) is 0 Å². The first-order chi connectivity index (χ1) is 7.63. The standard InChI is InChI=1S/C11H11ClN2O2/c12-9-2-4-10(5-3-9)14(7-1-6-13)8-11(15)16/h2-5H,1,7-8H2,(H,15,16). The first kappa shape index (κ1) is 12.3. The third-order valence-corrected chi connectivity index (χ3v) is 2.26. The smallest absolute Gasteiger partial charge is 0.323 e. The second-order valence-electron chi connectivity index (χ2n) is 3.20. The molecule has 0 aliphatic rings. The van der Waals surface area contributed by atoms with E-state index in [2.05, 4.69) is 0 Å². The minimum atomic E-state index is -0.923. The third-order valence-electron chi connectivity index (χ3n) is 2.01. The molecule has 0 bridgehead atoms. The molecule has 16 heavy (non-hydrogen) atoms. The molecular formula is C11H11ClN2O2. The molecule has 84 valence electrons. The number of carbonyl (C=O) groups is 1. The first-order valence-corrected chi connectivity index (χ1v) is 5.10. The predicted octanol–water partition coefficient (Wildman–Crippen LogP) is 2.14. The van der Waals surface area contributed by atoms with Crippen molar-refractivity contribution in [2.24, 2.45) is 0 Å². The van der Waals surface area contributed by atoms with Gasteiger partial charge in [0.15, 0.2) is 0 Å². The van der Waals surface area contributed by atoms with E-state index in [1.165, 1.54) is 0 Å². The van der Waals surface area contributed by atoms with Crippen molar-refractivity contribution in [3.05, 3.63) is 29.3 Å². The van der Waals surface area contributed by atoms with Gasteiger partial charge in [0.2, 0.25) is 0 Å². The van der Waals surface area contributed by atoms with Gasteiger partial charge >= 0.3 is 5.97 Å². The quantitative estimate of drug-likeness (QED) is 0.854. The number of nitriles is 1. The molecule has 0 aliphatic carbocycles. The zero-order valence-electron chi connectivity index (χ0n) is 8.56. The normalized spacial score (nSPS) is 9.50. The van der Waals surface area contributed by atoms with Gasteiger partial charge in [0, 0.05) is 17.3 Å². The largest absolute Gasteiger partial charge is 0.480 e. The van der Waals surface area contributed by atoms with Crippen molar-refractivity contribution >= 4 is 23.3 Å². The summed E-state index contributed by atoms with van der Waals surface area (Å²) in [5, 5.41) is 17.8. The maximum absolute atomic E-state index is 10.7. The second-order valence-corrected chi connectivity index (χ2v) is 3.64. The predicted molar refractivity (Wildman–Crippen MR) is 61.5 cm³/mol. The highest BCUT2D eigenvalue weighted by atomic mass is 35.5. The Balaban J connectivity index is 2.79. The number of hydrogen-bond acceptors (Lipinski definition) is 3. The minimum Gasteiger partial charge on any atom is -0.480 e. The Bertz CT molecular complexity index is 397. The lowest BCUT2D eigenvalue weighted by Gasteiger charge is -2.21. The van der Waals surface area contributed by atoms with Gasteiger partial charge in [-0.3, -0.25) is 4.79 Å². The van der Waals surface area contributed by atoms with Crippen LogP contribution in [0.2, 0.25) is 5.02 Å². The number of nitrogens with zero attached hydrogens (tertiary/aromatic N) is 2. The molecule has 0 spiro atoms. The van der Waals surface area contributed by atoms with Crippen molar-refractivity contribution in [2.45, 2.75) is 6.42 Å². The van der Waals surface area contributed by atoms with Crippen LogP contribution in [0, 0.1) is 11.3 Å². The highest BCUT2D eigenvalue weighted by molar-refractivity contribution is 6.30.